The van der Waals surface area contributed by atoms with Gasteiger partial charge in [0.15, 0.2) is 0 Å². The summed E-state index contributed by atoms with van der Waals surface area (Å²) < 4.78 is 105. The summed E-state index contributed by atoms with van der Waals surface area (Å²) in [5, 5.41) is 6.84. The van der Waals surface area contributed by atoms with Gasteiger partial charge in [-0.1, -0.05) is 0 Å². The van der Waals surface area contributed by atoms with E-state index in [0.29, 0.717) is 12.1 Å². The molecule has 0 bridgehead atoms. The molecule has 0 radical (unpaired) electrons. The van der Waals surface area contributed by atoms with Crippen molar-refractivity contribution in [3.8, 4) is 5.75 Å². The van der Waals surface area contributed by atoms with Gasteiger partial charge in [-0.3, -0.25) is 4.79 Å². The first-order chi connectivity index (χ1) is 13.1. The lowest BCUT2D eigenvalue weighted by Crippen LogP contribution is -2.18. The number of nitrogens with two attached hydrogens (primary N) is 1. The minimum atomic E-state index is -5.11. The highest BCUT2D eigenvalue weighted by molar-refractivity contribution is 7.89. The standard InChI is InChI=1S/C16H12F6N2O4S/c1-28-13-3-2-11(29(23,26)27)7-12(13)14(25)24-10-5-8(15(17,18)19)4-9(6-10)16(20,21)22/h2-7H,1H3,(H,24,25)(H2,23,26,27). The Morgan fingerprint density at radius 3 is 1.90 bits per heavy atom. The molecule has 13 heteroatoms. The minimum absolute atomic E-state index is 0.0993. The van der Waals surface area contributed by atoms with Crippen molar-refractivity contribution in [3.63, 3.8) is 0 Å². The molecule has 0 heterocycles. The molecule has 0 saturated heterocycles. The van der Waals surface area contributed by atoms with Crippen molar-refractivity contribution in [1.29, 1.82) is 0 Å². The highest BCUT2D eigenvalue weighted by atomic mass is 32.2. The fourth-order valence-electron chi connectivity index (χ4n) is 2.27. The number of alkyl halides is 6. The molecule has 0 aliphatic rings. The number of hydrogen-bond acceptors (Lipinski definition) is 4. The topological polar surface area (TPSA) is 98.5 Å². The van der Waals surface area contributed by atoms with Gasteiger partial charge in [0, 0.05) is 5.69 Å². The molecule has 0 unspecified atom stereocenters. The molecule has 2 aromatic rings. The quantitative estimate of drug-likeness (QED) is 0.707. The number of benzene rings is 2. The van der Waals surface area contributed by atoms with E-state index in [4.69, 9.17) is 9.88 Å². The first-order valence-corrected chi connectivity index (χ1v) is 8.99. The molecule has 29 heavy (non-hydrogen) atoms. The van der Waals surface area contributed by atoms with E-state index in [-0.39, 0.29) is 11.8 Å². The molecule has 0 atom stereocenters. The molecule has 0 fully saturated rings. The fourth-order valence-corrected chi connectivity index (χ4v) is 2.81. The summed E-state index contributed by atoms with van der Waals surface area (Å²) in [5.74, 6) is -1.39. The summed E-state index contributed by atoms with van der Waals surface area (Å²) in [5.41, 5.74) is -4.54. The van der Waals surface area contributed by atoms with Gasteiger partial charge in [-0.2, -0.15) is 26.3 Å². The van der Waals surface area contributed by atoms with Gasteiger partial charge in [-0.15, -0.1) is 0 Å². The second kappa shape index (κ2) is 7.55. The van der Waals surface area contributed by atoms with Gasteiger partial charge in [0.25, 0.3) is 5.91 Å². The third-order valence-corrected chi connectivity index (χ3v) is 4.50. The minimum Gasteiger partial charge on any atom is -0.496 e. The van der Waals surface area contributed by atoms with E-state index in [1.54, 1.807) is 0 Å². The van der Waals surface area contributed by atoms with Crippen molar-refractivity contribution >= 4 is 21.6 Å². The maximum absolute atomic E-state index is 12.9. The molecule has 0 spiro atoms. The Morgan fingerprint density at radius 2 is 1.48 bits per heavy atom. The fraction of sp³-hybridized carbons (Fsp3) is 0.188. The van der Waals surface area contributed by atoms with E-state index in [1.807, 2.05) is 5.32 Å². The van der Waals surface area contributed by atoms with Crippen molar-refractivity contribution < 1.29 is 44.3 Å². The van der Waals surface area contributed by atoms with Crippen molar-refractivity contribution in [2.45, 2.75) is 17.2 Å². The number of methoxy groups -OCH3 is 1. The molecule has 6 nitrogen and oxygen atoms in total. The SMILES string of the molecule is COc1ccc(S(N)(=O)=O)cc1C(=O)Nc1cc(C(F)(F)F)cc(C(F)(F)F)c1. The molecule has 0 aromatic heterocycles. The van der Waals surface area contributed by atoms with E-state index < -0.39 is 55.6 Å². The van der Waals surface area contributed by atoms with Crippen LogP contribution in [0.4, 0.5) is 32.0 Å². The van der Waals surface area contributed by atoms with Crippen LogP contribution in [0.2, 0.25) is 0 Å². The number of primary sulfonamides is 1. The Bertz CT molecular complexity index is 1020. The van der Waals surface area contributed by atoms with Crippen LogP contribution < -0.4 is 15.2 Å². The number of anilines is 1. The zero-order valence-corrected chi connectivity index (χ0v) is 15.2. The van der Waals surface area contributed by atoms with Crippen LogP contribution in [0.3, 0.4) is 0 Å². The summed E-state index contributed by atoms with van der Waals surface area (Å²) in [6.45, 7) is 0. The normalized spacial score (nSPS) is 12.6. The lowest BCUT2D eigenvalue weighted by molar-refractivity contribution is -0.143. The molecule has 0 aliphatic heterocycles. The van der Waals surface area contributed by atoms with E-state index in [2.05, 4.69) is 0 Å². The van der Waals surface area contributed by atoms with Gasteiger partial charge in [-0.05, 0) is 36.4 Å². The molecule has 2 aromatic carbocycles. The van der Waals surface area contributed by atoms with Gasteiger partial charge in [0.05, 0.1) is 28.7 Å². The summed E-state index contributed by atoms with van der Waals surface area (Å²) in [4.78, 5) is 11.9. The Labute approximate surface area is 160 Å². The number of nitrogens with one attached hydrogen (secondary N) is 1. The maximum Gasteiger partial charge on any atom is 0.416 e. The third kappa shape index (κ3) is 5.38. The summed E-state index contributed by atoms with van der Waals surface area (Å²) >= 11 is 0. The highest BCUT2D eigenvalue weighted by Crippen LogP contribution is 2.37. The Balaban J connectivity index is 2.53. The summed E-state index contributed by atoms with van der Waals surface area (Å²) in [6.07, 6.45) is -10.2. The number of ether oxygens (including phenoxy) is 1. The number of halogens is 6. The van der Waals surface area contributed by atoms with Crippen LogP contribution in [-0.4, -0.2) is 21.4 Å². The predicted octanol–water partition coefficient (Wildman–Crippen LogP) is 3.63. The molecule has 2 rings (SSSR count). The monoisotopic (exact) mass is 442 g/mol. The van der Waals surface area contributed by atoms with Crippen molar-refractivity contribution in [3.05, 3.63) is 53.1 Å². The van der Waals surface area contributed by atoms with Crippen LogP contribution in [0.5, 0.6) is 5.75 Å². The zero-order chi connectivity index (χ0) is 22.2. The first-order valence-electron chi connectivity index (χ1n) is 7.44. The van der Waals surface area contributed by atoms with Gasteiger partial charge < -0.3 is 10.1 Å². The lowest BCUT2D eigenvalue weighted by Gasteiger charge is -2.15. The molecule has 1 amide bonds. The molecule has 0 aliphatic carbocycles. The number of amides is 1. The summed E-state index contributed by atoms with van der Waals surface area (Å²) in [6, 6.07) is 3.37. The van der Waals surface area contributed by atoms with E-state index in [0.717, 1.165) is 25.3 Å². The summed E-state index contributed by atoms with van der Waals surface area (Å²) in [7, 11) is -3.12. The van der Waals surface area contributed by atoms with E-state index >= 15 is 0 Å². The average Bonchev–Trinajstić information content (AvgIpc) is 2.58. The second-order valence-corrected chi connectivity index (χ2v) is 7.22. The second-order valence-electron chi connectivity index (χ2n) is 5.66. The third-order valence-electron chi connectivity index (χ3n) is 3.59. The average molecular weight is 442 g/mol. The molecule has 0 saturated carbocycles. The number of hydrogen-bond donors (Lipinski definition) is 2. The molecular weight excluding hydrogens is 430 g/mol. The molecule has 3 N–H and O–H groups in total. The highest BCUT2D eigenvalue weighted by Gasteiger charge is 2.37. The van der Waals surface area contributed by atoms with Gasteiger partial charge in [0.1, 0.15) is 5.75 Å². The predicted molar refractivity (Wildman–Crippen MR) is 88.8 cm³/mol. The van der Waals surface area contributed by atoms with Crippen molar-refractivity contribution in [1.82, 2.24) is 0 Å². The van der Waals surface area contributed by atoms with Crippen molar-refractivity contribution in [2.24, 2.45) is 5.14 Å². The smallest absolute Gasteiger partial charge is 0.416 e. The van der Waals surface area contributed by atoms with E-state index in [9.17, 15) is 39.6 Å². The molecule has 158 valence electrons. The number of rotatable bonds is 4. The number of carbonyl (C=O) groups excluding carboxylic acids is 1. The maximum atomic E-state index is 12.9. The van der Waals surface area contributed by atoms with Crippen molar-refractivity contribution in [2.75, 3.05) is 12.4 Å². The van der Waals surface area contributed by atoms with Crippen LogP contribution >= 0.6 is 0 Å². The van der Waals surface area contributed by atoms with Gasteiger partial charge in [0.2, 0.25) is 10.0 Å². The molecular formula is C16H12F6N2O4S. The van der Waals surface area contributed by atoms with E-state index in [1.165, 1.54) is 0 Å². The Morgan fingerprint density at radius 1 is 0.966 bits per heavy atom. The lowest BCUT2D eigenvalue weighted by atomic mass is 10.1. The van der Waals surface area contributed by atoms with Gasteiger partial charge in [-0.25, -0.2) is 13.6 Å². The van der Waals surface area contributed by atoms with Crippen LogP contribution in [0.25, 0.3) is 0 Å². The Kier molecular flexibility index (Phi) is 5.86. The number of sulfonamides is 1. The van der Waals surface area contributed by atoms with Crippen LogP contribution in [0.1, 0.15) is 21.5 Å². The number of carbonyl (C=O) groups is 1. The van der Waals surface area contributed by atoms with Crippen LogP contribution in [0.15, 0.2) is 41.3 Å². The van der Waals surface area contributed by atoms with Crippen LogP contribution in [0, 0.1) is 0 Å². The van der Waals surface area contributed by atoms with Gasteiger partial charge >= 0.3 is 12.4 Å². The Hall–Kier alpha value is -2.80. The largest absolute Gasteiger partial charge is 0.496 e. The first kappa shape index (κ1) is 22.5. The zero-order valence-electron chi connectivity index (χ0n) is 14.4. The van der Waals surface area contributed by atoms with Crippen LogP contribution in [-0.2, 0) is 22.4 Å².